The van der Waals surface area contributed by atoms with Crippen molar-refractivity contribution in [1.29, 1.82) is 0 Å². The van der Waals surface area contributed by atoms with Gasteiger partial charge in [-0.15, -0.1) is 0 Å². The molecule has 0 aliphatic carbocycles. The van der Waals surface area contributed by atoms with Gasteiger partial charge in [0.25, 0.3) is 0 Å². The van der Waals surface area contributed by atoms with Gasteiger partial charge in [-0.05, 0) is 32.1 Å². The number of hydrogen-bond acceptors (Lipinski definition) is 2. The van der Waals surface area contributed by atoms with Crippen LogP contribution in [0.25, 0.3) is 0 Å². The minimum absolute atomic E-state index is 0.0345. The Kier molecular flexibility index (Phi) is 4.77. The summed E-state index contributed by atoms with van der Waals surface area (Å²) in [6.45, 7) is 12.1. The van der Waals surface area contributed by atoms with Crippen molar-refractivity contribution in [1.82, 2.24) is 10.2 Å². The topological polar surface area (TPSA) is 49.4 Å². The van der Waals surface area contributed by atoms with E-state index >= 15 is 0 Å². The Hall–Kier alpha value is -1.06. The third-order valence-electron chi connectivity index (χ3n) is 3.78. The predicted molar refractivity (Wildman–Crippen MR) is 72.0 cm³/mol. The molecule has 0 aromatic carbocycles. The van der Waals surface area contributed by atoms with Crippen molar-refractivity contribution >= 4 is 11.8 Å². The van der Waals surface area contributed by atoms with Gasteiger partial charge < -0.3 is 10.2 Å². The van der Waals surface area contributed by atoms with E-state index < -0.39 is 0 Å². The Balaban J connectivity index is 2.92. The molecule has 4 nitrogen and oxygen atoms in total. The van der Waals surface area contributed by atoms with Crippen molar-refractivity contribution in [2.24, 2.45) is 11.8 Å². The van der Waals surface area contributed by atoms with Crippen molar-refractivity contribution in [3.63, 3.8) is 0 Å². The number of nitrogens with one attached hydrogen (secondary N) is 1. The first-order chi connectivity index (χ1) is 8.25. The smallest absolute Gasteiger partial charge is 0.246 e. The lowest BCUT2D eigenvalue weighted by Gasteiger charge is -2.42. The van der Waals surface area contributed by atoms with Crippen molar-refractivity contribution in [3.8, 4) is 0 Å². The Morgan fingerprint density at radius 3 is 2.17 bits per heavy atom. The minimum Gasteiger partial charge on any atom is -0.343 e. The zero-order chi connectivity index (χ0) is 14.0. The minimum atomic E-state index is -0.363. The van der Waals surface area contributed by atoms with E-state index in [1.54, 1.807) is 11.8 Å². The molecule has 18 heavy (non-hydrogen) atoms. The summed E-state index contributed by atoms with van der Waals surface area (Å²) >= 11 is 0. The van der Waals surface area contributed by atoms with Gasteiger partial charge in [0.05, 0.1) is 0 Å². The highest BCUT2D eigenvalue weighted by molar-refractivity contribution is 5.96. The van der Waals surface area contributed by atoms with E-state index in [0.717, 1.165) is 0 Å². The molecular formula is C14H26N2O2. The molecule has 3 atom stereocenters. The third-order valence-corrected chi connectivity index (χ3v) is 3.78. The van der Waals surface area contributed by atoms with E-state index in [0.29, 0.717) is 18.3 Å². The summed E-state index contributed by atoms with van der Waals surface area (Å²) in [4.78, 5) is 26.2. The molecule has 0 radical (unpaired) electrons. The van der Waals surface area contributed by atoms with E-state index in [9.17, 15) is 9.59 Å². The van der Waals surface area contributed by atoms with Gasteiger partial charge >= 0.3 is 0 Å². The summed E-state index contributed by atoms with van der Waals surface area (Å²) in [5, 5.41) is 2.84. The van der Waals surface area contributed by atoms with Crippen LogP contribution in [0.3, 0.4) is 0 Å². The van der Waals surface area contributed by atoms with Crippen LogP contribution in [0, 0.1) is 11.8 Å². The molecule has 0 spiro atoms. The zero-order valence-electron chi connectivity index (χ0n) is 12.4. The molecule has 1 rings (SSSR count). The second kappa shape index (κ2) is 5.72. The summed E-state index contributed by atoms with van der Waals surface area (Å²) in [5.74, 6) is 0.774. The molecule has 0 aromatic heterocycles. The van der Waals surface area contributed by atoms with Gasteiger partial charge in [0.2, 0.25) is 11.8 Å². The molecule has 2 amide bonds. The molecule has 1 saturated heterocycles. The molecule has 0 bridgehead atoms. The van der Waals surface area contributed by atoms with Crippen LogP contribution >= 0.6 is 0 Å². The first-order valence-corrected chi connectivity index (χ1v) is 6.88. The molecule has 4 heteroatoms. The fourth-order valence-electron chi connectivity index (χ4n) is 2.36. The summed E-state index contributed by atoms with van der Waals surface area (Å²) in [6.07, 6.45) is 0.707. The highest BCUT2D eigenvalue weighted by Crippen LogP contribution is 2.21. The lowest BCUT2D eigenvalue weighted by atomic mass is 9.95. The molecule has 3 unspecified atom stereocenters. The van der Waals surface area contributed by atoms with Gasteiger partial charge in [-0.3, -0.25) is 9.59 Å². The van der Waals surface area contributed by atoms with Crippen molar-refractivity contribution in [3.05, 3.63) is 0 Å². The molecule has 1 aliphatic rings. The molecular weight excluding hydrogens is 228 g/mol. The lowest BCUT2D eigenvalue weighted by Crippen LogP contribution is -2.65. The van der Waals surface area contributed by atoms with E-state index in [1.807, 2.05) is 6.92 Å². The third kappa shape index (κ3) is 3.03. The Bertz CT molecular complexity index is 326. The molecule has 1 fully saturated rings. The number of carbonyl (C=O) groups excluding carboxylic acids is 2. The molecule has 1 heterocycles. The maximum absolute atomic E-state index is 12.5. The highest BCUT2D eigenvalue weighted by atomic mass is 16.2. The Morgan fingerprint density at radius 2 is 1.72 bits per heavy atom. The molecule has 104 valence electrons. The van der Waals surface area contributed by atoms with Gasteiger partial charge in [0.15, 0.2) is 0 Å². The highest BCUT2D eigenvalue weighted by Gasteiger charge is 2.40. The van der Waals surface area contributed by atoms with Gasteiger partial charge in [0, 0.05) is 6.04 Å². The fraction of sp³-hybridized carbons (Fsp3) is 0.857. The van der Waals surface area contributed by atoms with Crippen LogP contribution in [0.5, 0.6) is 0 Å². The van der Waals surface area contributed by atoms with Crippen LogP contribution in [0.15, 0.2) is 0 Å². The molecule has 0 saturated carbocycles. The van der Waals surface area contributed by atoms with Crippen molar-refractivity contribution in [2.45, 2.75) is 66.1 Å². The summed E-state index contributed by atoms with van der Waals surface area (Å²) in [6, 6.07) is -0.624. The second-order valence-electron chi connectivity index (χ2n) is 6.10. The van der Waals surface area contributed by atoms with Crippen molar-refractivity contribution < 1.29 is 9.59 Å². The van der Waals surface area contributed by atoms with Crippen LogP contribution in [0.4, 0.5) is 0 Å². The largest absolute Gasteiger partial charge is 0.343 e. The second-order valence-corrected chi connectivity index (χ2v) is 6.10. The van der Waals surface area contributed by atoms with Gasteiger partial charge in [-0.1, -0.05) is 27.7 Å². The SMILES string of the molecule is CC(C)CC1NC(=O)C(C)N(C(C)C(C)C)C1=O. The van der Waals surface area contributed by atoms with Gasteiger partial charge in [-0.25, -0.2) is 0 Å². The van der Waals surface area contributed by atoms with E-state index in [2.05, 4.69) is 33.0 Å². The number of carbonyl (C=O) groups is 2. The first-order valence-electron chi connectivity index (χ1n) is 6.88. The summed E-state index contributed by atoms with van der Waals surface area (Å²) in [5.41, 5.74) is 0. The normalized spacial score (nSPS) is 26.8. The van der Waals surface area contributed by atoms with Crippen LogP contribution < -0.4 is 5.32 Å². The molecule has 0 aromatic rings. The lowest BCUT2D eigenvalue weighted by molar-refractivity contribution is -0.152. The zero-order valence-corrected chi connectivity index (χ0v) is 12.4. The predicted octanol–water partition coefficient (Wildman–Crippen LogP) is 1.79. The fourth-order valence-corrected chi connectivity index (χ4v) is 2.36. The summed E-state index contributed by atoms with van der Waals surface area (Å²) < 4.78 is 0. The average Bonchev–Trinajstić information content (AvgIpc) is 2.25. The Morgan fingerprint density at radius 1 is 1.17 bits per heavy atom. The number of rotatable bonds is 4. The first kappa shape index (κ1) is 15.0. The van der Waals surface area contributed by atoms with Crippen molar-refractivity contribution in [2.75, 3.05) is 0 Å². The van der Waals surface area contributed by atoms with Crippen LogP contribution in [0.1, 0.15) is 48.0 Å². The monoisotopic (exact) mass is 254 g/mol. The van der Waals surface area contributed by atoms with Crippen LogP contribution in [-0.2, 0) is 9.59 Å². The maximum Gasteiger partial charge on any atom is 0.246 e. The van der Waals surface area contributed by atoms with Gasteiger partial charge in [-0.2, -0.15) is 0 Å². The molecule has 1 aliphatic heterocycles. The average molecular weight is 254 g/mol. The standard InChI is InChI=1S/C14H26N2O2/c1-8(2)7-12-14(18)16(10(5)9(3)4)11(6)13(17)15-12/h8-12H,7H2,1-6H3,(H,15,17). The summed E-state index contributed by atoms with van der Waals surface area (Å²) in [7, 11) is 0. The number of piperazine rings is 1. The number of amides is 2. The quantitative estimate of drug-likeness (QED) is 0.831. The maximum atomic E-state index is 12.5. The van der Waals surface area contributed by atoms with E-state index in [1.165, 1.54) is 0 Å². The van der Waals surface area contributed by atoms with E-state index in [-0.39, 0.29) is 29.9 Å². The van der Waals surface area contributed by atoms with Crippen LogP contribution in [-0.4, -0.2) is 34.8 Å². The van der Waals surface area contributed by atoms with E-state index in [4.69, 9.17) is 0 Å². The van der Waals surface area contributed by atoms with Crippen LogP contribution in [0.2, 0.25) is 0 Å². The number of hydrogen-bond donors (Lipinski definition) is 1. The Labute approximate surface area is 110 Å². The van der Waals surface area contributed by atoms with Gasteiger partial charge in [0.1, 0.15) is 12.1 Å². The number of nitrogens with zero attached hydrogens (tertiary/aromatic N) is 1. The molecule has 1 N–H and O–H groups in total.